The number of aliphatic hydroxyl groups is 1. The zero-order valence-corrected chi connectivity index (χ0v) is 18.4. The third kappa shape index (κ3) is 5.95. The van der Waals surface area contributed by atoms with Crippen LogP contribution in [0.1, 0.15) is 17.5 Å². The number of nitrogens with zero attached hydrogens (tertiary/aromatic N) is 2. The van der Waals surface area contributed by atoms with Crippen molar-refractivity contribution < 1.29 is 14.6 Å². The maximum Gasteiger partial charge on any atom is 0.223 e. The summed E-state index contributed by atoms with van der Waals surface area (Å²) >= 11 is 6.00. The number of nitrogens with two attached hydrogens (primary N) is 1. The molecule has 4 N–H and O–H groups in total. The van der Waals surface area contributed by atoms with Crippen LogP contribution in [0.5, 0.6) is 0 Å². The molecule has 1 saturated carbocycles. The second-order valence-electron chi connectivity index (χ2n) is 7.91. The minimum Gasteiger partial charge on any atom is -0.391 e. The van der Waals surface area contributed by atoms with Crippen molar-refractivity contribution in [3.05, 3.63) is 83.0 Å². The molecule has 1 heterocycles. The van der Waals surface area contributed by atoms with Gasteiger partial charge in [0.1, 0.15) is 11.0 Å². The van der Waals surface area contributed by atoms with Crippen molar-refractivity contribution in [2.24, 2.45) is 5.92 Å². The Labute approximate surface area is 192 Å². The maximum absolute atomic E-state index is 11.1. The predicted molar refractivity (Wildman–Crippen MR) is 124 cm³/mol. The third-order valence-corrected chi connectivity index (χ3v) is 5.78. The van der Waals surface area contributed by atoms with Crippen LogP contribution in [0.3, 0.4) is 0 Å². The molecule has 1 aliphatic carbocycles. The summed E-state index contributed by atoms with van der Waals surface area (Å²) in [6.45, 7) is 1.32. The van der Waals surface area contributed by atoms with Gasteiger partial charge in [0.25, 0.3) is 0 Å². The van der Waals surface area contributed by atoms with Crippen LogP contribution >= 0.6 is 11.6 Å². The molecule has 168 valence electrons. The highest BCUT2D eigenvalue weighted by Gasteiger charge is 2.43. The smallest absolute Gasteiger partial charge is 0.223 e. The Morgan fingerprint density at radius 2 is 1.66 bits per heavy atom. The SMILES string of the molecule is Nc1nc(Cl)cc(N[C@H]2C[C@H](OCc3ccccc3)[C@@H](COCc3ccccc3)[C@@H]2O)n1. The van der Waals surface area contributed by atoms with Gasteiger partial charge in [0, 0.05) is 12.0 Å². The minimum atomic E-state index is -0.693. The average Bonchev–Trinajstić information content (AvgIpc) is 3.07. The quantitative estimate of drug-likeness (QED) is 0.424. The molecule has 0 saturated heterocycles. The zero-order chi connectivity index (χ0) is 22.3. The van der Waals surface area contributed by atoms with Gasteiger partial charge < -0.3 is 25.6 Å². The topological polar surface area (TPSA) is 103 Å². The Morgan fingerprint density at radius 1 is 1.00 bits per heavy atom. The largest absolute Gasteiger partial charge is 0.391 e. The molecular formula is C24H27ClN4O3. The number of benzene rings is 2. The van der Waals surface area contributed by atoms with Gasteiger partial charge in [-0.3, -0.25) is 0 Å². The Hall–Kier alpha value is -2.71. The van der Waals surface area contributed by atoms with E-state index in [-0.39, 0.29) is 29.2 Å². The third-order valence-electron chi connectivity index (χ3n) is 5.59. The number of hydrogen-bond acceptors (Lipinski definition) is 7. The van der Waals surface area contributed by atoms with Crippen LogP contribution in [0, 0.1) is 5.92 Å². The van der Waals surface area contributed by atoms with Gasteiger partial charge in [-0.15, -0.1) is 0 Å². The van der Waals surface area contributed by atoms with Gasteiger partial charge in [0.2, 0.25) is 5.95 Å². The van der Waals surface area contributed by atoms with Gasteiger partial charge in [0.15, 0.2) is 0 Å². The van der Waals surface area contributed by atoms with E-state index >= 15 is 0 Å². The molecule has 2 aromatic carbocycles. The average molecular weight is 455 g/mol. The van der Waals surface area contributed by atoms with Gasteiger partial charge in [-0.05, 0) is 17.5 Å². The molecule has 0 radical (unpaired) electrons. The van der Waals surface area contributed by atoms with E-state index in [9.17, 15) is 5.11 Å². The number of nitrogens with one attached hydrogen (secondary N) is 1. The van der Waals surface area contributed by atoms with Crippen LogP contribution in [0.25, 0.3) is 0 Å². The highest BCUT2D eigenvalue weighted by Crippen LogP contribution is 2.33. The van der Waals surface area contributed by atoms with E-state index in [0.29, 0.717) is 32.1 Å². The second kappa shape index (κ2) is 10.7. The fourth-order valence-electron chi connectivity index (χ4n) is 3.99. The molecule has 1 aromatic heterocycles. The first-order valence-corrected chi connectivity index (χ1v) is 11.0. The van der Waals surface area contributed by atoms with E-state index in [1.165, 1.54) is 0 Å². The molecule has 1 aliphatic rings. The molecule has 0 amide bonds. The van der Waals surface area contributed by atoms with Crippen molar-refractivity contribution in [3.63, 3.8) is 0 Å². The van der Waals surface area contributed by atoms with Crippen LogP contribution in [-0.2, 0) is 22.7 Å². The van der Waals surface area contributed by atoms with E-state index in [4.69, 9.17) is 26.8 Å². The number of aliphatic hydroxyl groups excluding tert-OH is 1. The first kappa shape index (κ1) is 22.5. The Bertz CT molecular complexity index is 973. The molecule has 0 bridgehead atoms. The number of anilines is 2. The number of hydrogen-bond donors (Lipinski definition) is 3. The van der Waals surface area contributed by atoms with Crippen molar-refractivity contribution in [1.82, 2.24) is 9.97 Å². The summed E-state index contributed by atoms with van der Waals surface area (Å²) < 4.78 is 12.2. The minimum absolute atomic E-state index is 0.0760. The summed E-state index contributed by atoms with van der Waals surface area (Å²) in [5, 5.41) is 14.6. The van der Waals surface area contributed by atoms with Crippen molar-refractivity contribution in [2.45, 2.75) is 37.9 Å². The van der Waals surface area contributed by atoms with Crippen LogP contribution < -0.4 is 11.1 Å². The summed E-state index contributed by atoms with van der Waals surface area (Å²) in [4.78, 5) is 8.04. The molecule has 8 heteroatoms. The Balaban J connectivity index is 1.43. The monoisotopic (exact) mass is 454 g/mol. The van der Waals surface area contributed by atoms with Crippen LogP contribution in [0.2, 0.25) is 5.15 Å². The summed E-state index contributed by atoms with van der Waals surface area (Å²) in [5.41, 5.74) is 7.87. The van der Waals surface area contributed by atoms with Gasteiger partial charge in [0.05, 0.1) is 38.1 Å². The zero-order valence-electron chi connectivity index (χ0n) is 17.6. The standard InChI is InChI=1S/C24H27ClN4O3/c25-21-12-22(29-24(26)28-21)27-19-11-20(32-14-17-9-5-2-6-10-17)18(23(19)30)15-31-13-16-7-3-1-4-8-16/h1-10,12,18-20,23,30H,11,13-15H2,(H3,26,27,28,29)/t18-,19+,20+,23+/m1/s1. The molecule has 4 rings (SSSR count). The molecule has 1 fully saturated rings. The lowest BCUT2D eigenvalue weighted by Crippen LogP contribution is -2.35. The van der Waals surface area contributed by atoms with Crippen LogP contribution in [0.15, 0.2) is 66.7 Å². The maximum atomic E-state index is 11.1. The highest BCUT2D eigenvalue weighted by molar-refractivity contribution is 6.29. The molecule has 0 spiro atoms. The number of ether oxygens (including phenoxy) is 2. The van der Waals surface area contributed by atoms with Crippen molar-refractivity contribution in [1.29, 1.82) is 0 Å². The Morgan fingerprint density at radius 3 is 2.31 bits per heavy atom. The molecular weight excluding hydrogens is 428 g/mol. The van der Waals surface area contributed by atoms with Gasteiger partial charge in [-0.2, -0.15) is 4.98 Å². The lowest BCUT2D eigenvalue weighted by molar-refractivity contribution is -0.0463. The van der Waals surface area contributed by atoms with Gasteiger partial charge in [-0.25, -0.2) is 4.98 Å². The number of nitrogen functional groups attached to an aromatic ring is 1. The van der Waals surface area contributed by atoms with Gasteiger partial charge in [-0.1, -0.05) is 72.3 Å². The van der Waals surface area contributed by atoms with E-state index in [1.807, 2.05) is 60.7 Å². The Kier molecular flexibility index (Phi) is 7.55. The van der Waals surface area contributed by atoms with E-state index < -0.39 is 6.10 Å². The first-order chi connectivity index (χ1) is 15.6. The van der Waals surface area contributed by atoms with E-state index in [0.717, 1.165) is 11.1 Å². The first-order valence-electron chi connectivity index (χ1n) is 10.6. The van der Waals surface area contributed by atoms with Crippen molar-refractivity contribution >= 4 is 23.4 Å². The molecule has 4 atom stereocenters. The van der Waals surface area contributed by atoms with Crippen LogP contribution in [0.4, 0.5) is 11.8 Å². The normalized spacial score (nSPS) is 22.7. The molecule has 3 aromatic rings. The fourth-order valence-corrected chi connectivity index (χ4v) is 4.18. The number of aromatic nitrogens is 2. The fraction of sp³-hybridized carbons (Fsp3) is 0.333. The summed E-state index contributed by atoms with van der Waals surface area (Å²) in [6, 6.07) is 21.2. The summed E-state index contributed by atoms with van der Waals surface area (Å²) in [5.74, 6) is 0.348. The predicted octanol–water partition coefficient (Wildman–Crippen LogP) is 3.68. The number of rotatable bonds is 9. The van der Waals surface area contributed by atoms with Crippen LogP contribution in [-0.4, -0.2) is 39.9 Å². The summed E-state index contributed by atoms with van der Waals surface area (Å²) in [6.07, 6.45) is -0.288. The molecule has 7 nitrogen and oxygen atoms in total. The lowest BCUT2D eigenvalue weighted by Gasteiger charge is -2.23. The second-order valence-corrected chi connectivity index (χ2v) is 8.30. The molecule has 32 heavy (non-hydrogen) atoms. The molecule has 0 unspecified atom stereocenters. The number of halogens is 1. The van der Waals surface area contributed by atoms with Gasteiger partial charge >= 0.3 is 0 Å². The van der Waals surface area contributed by atoms with Crippen molar-refractivity contribution in [3.8, 4) is 0 Å². The van der Waals surface area contributed by atoms with Crippen molar-refractivity contribution in [2.75, 3.05) is 17.7 Å². The summed E-state index contributed by atoms with van der Waals surface area (Å²) in [7, 11) is 0. The molecule has 0 aliphatic heterocycles. The lowest BCUT2D eigenvalue weighted by atomic mass is 10.0. The van der Waals surface area contributed by atoms with E-state index in [2.05, 4.69) is 15.3 Å². The van der Waals surface area contributed by atoms with E-state index in [1.54, 1.807) is 6.07 Å². The highest BCUT2D eigenvalue weighted by atomic mass is 35.5.